The summed E-state index contributed by atoms with van der Waals surface area (Å²) in [7, 11) is 0. The van der Waals surface area contributed by atoms with Crippen LogP contribution in [-0.4, -0.2) is 30.1 Å². The summed E-state index contributed by atoms with van der Waals surface area (Å²) in [5, 5.41) is 0. The van der Waals surface area contributed by atoms with Crippen molar-refractivity contribution in [2.45, 2.75) is 39.8 Å². The van der Waals surface area contributed by atoms with E-state index in [1.165, 1.54) is 5.56 Å². The highest BCUT2D eigenvalue weighted by Gasteiger charge is 2.15. The maximum Gasteiger partial charge on any atom is 0.149 e. The Labute approximate surface area is 116 Å². The fourth-order valence-corrected chi connectivity index (χ4v) is 2.25. The van der Waals surface area contributed by atoms with Crippen LogP contribution in [0.25, 0.3) is 0 Å². The van der Waals surface area contributed by atoms with Gasteiger partial charge >= 0.3 is 0 Å². The number of nitrogens with zero attached hydrogens (tertiary/aromatic N) is 1. The zero-order valence-corrected chi connectivity index (χ0v) is 12.6. The first kappa shape index (κ1) is 15.3. The van der Waals surface area contributed by atoms with Gasteiger partial charge < -0.3 is 4.74 Å². The second kappa shape index (κ2) is 7.65. The lowest BCUT2D eigenvalue weighted by Crippen LogP contribution is -2.38. The highest BCUT2D eigenvalue weighted by Crippen LogP contribution is 2.27. The minimum absolute atomic E-state index is 0.0497. The molecule has 0 heterocycles. The van der Waals surface area contributed by atoms with Gasteiger partial charge in [-0.1, -0.05) is 39.0 Å². The van der Waals surface area contributed by atoms with Gasteiger partial charge in [-0.3, -0.25) is 4.90 Å². The van der Waals surface area contributed by atoms with Crippen LogP contribution >= 0.6 is 11.6 Å². The summed E-state index contributed by atoms with van der Waals surface area (Å²) in [5.41, 5.74) is 1.26. The number of rotatable bonds is 7. The summed E-state index contributed by atoms with van der Waals surface area (Å²) in [6, 6.07) is 8.25. The number of alkyl halides is 1. The molecule has 102 valence electrons. The maximum absolute atomic E-state index is 6.08. The third kappa shape index (κ3) is 4.18. The van der Waals surface area contributed by atoms with E-state index >= 15 is 0 Å². The number of para-hydroxylation sites is 1. The van der Waals surface area contributed by atoms with Crippen molar-refractivity contribution in [2.75, 3.05) is 19.0 Å². The number of halogens is 1. The van der Waals surface area contributed by atoms with Crippen molar-refractivity contribution in [1.82, 2.24) is 4.90 Å². The molecule has 1 unspecified atom stereocenters. The molecular weight excluding hydrogens is 246 g/mol. The first-order valence-corrected chi connectivity index (χ1v) is 7.19. The summed E-state index contributed by atoms with van der Waals surface area (Å²) in [5.74, 6) is 2.08. The molecule has 1 aromatic rings. The molecule has 1 atom stereocenters. The van der Waals surface area contributed by atoms with Gasteiger partial charge in [0.1, 0.15) is 12.0 Å². The summed E-state index contributed by atoms with van der Waals surface area (Å²) in [6.45, 7) is 10.4. The smallest absolute Gasteiger partial charge is 0.149 e. The summed E-state index contributed by atoms with van der Waals surface area (Å²) >= 11 is 5.81. The first-order chi connectivity index (χ1) is 8.60. The Morgan fingerprint density at radius 2 is 1.89 bits per heavy atom. The summed E-state index contributed by atoms with van der Waals surface area (Å²) in [6.07, 6.45) is 0.0497. The average molecular weight is 270 g/mol. The van der Waals surface area contributed by atoms with Gasteiger partial charge in [-0.15, -0.1) is 11.6 Å². The van der Waals surface area contributed by atoms with Crippen molar-refractivity contribution in [3.05, 3.63) is 29.8 Å². The molecule has 0 radical (unpaired) electrons. The van der Waals surface area contributed by atoms with Crippen LogP contribution in [0.15, 0.2) is 24.3 Å². The highest BCUT2D eigenvalue weighted by molar-refractivity contribution is 6.18. The molecule has 0 bridgehead atoms. The van der Waals surface area contributed by atoms with E-state index in [4.69, 9.17) is 16.3 Å². The van der Waals surface area contributed by atoms with Crippen LogP contribution in [0.2, 0.25) is 0 Å². The summed E-state index contributed by atoms with van der Waals surface area (Å²) in [4.78, 5) is 2.23. The number of hydrogen-bond acceptors (Lipinski definition) is 2. The fraction of sp³-hybridized carbons (Fsp3) is 0.600. The van der Waals surface area contributed by atoms with Gasteiger partial charge in [0.2, 0.25) is 0 Å². The third-order valence-corrected chi connectivity index (χ3v) is 3.30. The second-order valence-corrected chi connectivity index (χ2v) is 5.11. The van der Waals surface area contributed by atoms with Crippen LogP contribution in [0.4, 0.5) is 0 Å². The van der Waals surface area contributed by atoms with E-state index in [9.17, 15) is 0 Å². The molecule has 1 rings (SSSR count). The fourth-order valence-electron chi connectivity index (χ4n) is 2.03. The topological polar surface area (TPSA) is 12.5 Å². The number of ether oxygens (including phenoxy) is 1. The molecule has 0 saturated carbocycles. The van der Waals surface area contributed by atoms with Crippen molar-refractivity contribution in [3.63, 3.8) is 0 Å². The van der Waals surface area contributed by atoms with E-state index in [1.807, 2.05) is 12.1 Å². The van der Waals surface area contributed by atoms with Crippen molar-refractivity contribution < 1.29 is 4.74 Å². The zero-order chi connectivity index (χ0) is 13.5. The zero-order valence-electron chi connectivity index (χ0n) is 11.8. The maximum atomic E-state index is 6.08. The molecule has 0 saturated heterocycles. The molecule has 2 nitrogen and oxygen atoms in total. The molecule has 0 amide bonds. The predicted octanol–water partition coefficient (Wildman–Crippen LogP) is 4.10. The Hall–Kier alpha value is -0.730. The Morgan fingerprint density at radius 3 is 2.44 bits per heavy atom. The molecule has 0 fully saturated rings. The Bertz CT molecular complexity index is 354. The predicted molar refractivity (Wildman–Crippen MR) is 78.6 cm³/mol. The van der Waals surface area contributed by atoms with E-state index in [0.29, 0.717) is 11.8 Å². The molecular formula is C15H24ClNO. The van der Waals surface area contributed by atoms with Gasteiger partial charge in [0.05, 0.1) is 0 Å². The van der Waals surface area contributed by atoms with E-state index in [1.54, 1.807) is 0 Å². The molecule has 0 aliphatic rings. The van der Waals surface area contributed by atoms with Crippen molar-refractivity contribution in [2.24, 2.45) is 0 Å². The van der Waals surface area contributed by atoms with Crippen LogP contribution in [0.1, 0.15) is 39.2 Å². The molecule has 1 aromatic carbocycles. The van der Waals surface area contributed by atoms with E-state index in [-0.39, 0.29) is 6.23 Å². The first-order valence-electron chi connectivity index (χ1n) is 6.65. The van der Waals surface area contributed by atoms with Gasteiger partial charge in [0, 0.05) is 12.4 Å². The summed E-state index contributed by atoms with van der Waals surface area (Å²) < 4.78 is 6.08. The Kier molecular flexibility index (Phi) is 6.51. The number of benzene rings is 1. The van der Waals surface area contributed by atoms with E-state index in [2.05, 4.69) is 44.7 Å². The minimum atomic E-state index is 0.0497. The van der Waals surface area contributed by atoms with E-state index < -0.39 is 0 Å². The monoisotopic (exact) mass is 269 g/mol. The minimum Gasteiger partial charge on any atom is -0.475 e. The Morgan fingerprint density at radius 1 is 1.22 bits per heavy atom. The molecule has 0 aliphatic carbocycles. The van der Waals surface area contributed by atoms with Crippen molar-refractivity contribution in [3.8, 4) is 5.75 Å². The third-order valence-electron chi connectivity index (χ3n) is 3.13. The van der Waals surface area contributed by atoms with Crippen LogP contribution in [0.3, 0.4) is 0 Å². The van der Waals surface area contributed by atoms with Crippen molar-refractivity contribution >= 4 is 11.6 Å². The van der Waals surface area contributed by atoms with Crippen LogP contribution in [0.5, 0.6) is 5.75 Å². The molecule has 18 heavy (non-hydrogen) atoms. The second-order valence-electron chi connectivity index (χ2n) is 4.73. The SMILES string of the molecule is CCN(CCCl)C(C)Oc1ccccc1C(C)C. The highest BCUT2D eigenvalue weighted by atomic mass is 35.5. The molecule has 0 spiro atoms. The van der Waals surface area contributed by atoms with Gasteiger partial charge in [-0.25, -0.2) is 0 Å². The van der Waals surface area contributed by atoms with Gasteiger partial charge in [0.15, 0.2) is 0 Å². The molecule has 0 aromatic heterocycles. The lowest BCUT2D eigenvalue weighted by Gasteiger charge is -2.28. The van der Waals surface area contributed by atoms with Gasteiger partial charge in [-0.05, 0) is 31.0 Å². The van der Waals surface area contributed by atoms with Crippen LogP contribution in [-0.2, 0) is 0 Å². The van der Waals surface area contributed by atoms with E-state index in [0.717, 1.165) is 18.8 Å². The Balaban J connectivity index is 2.77. The van der Waals surface area contributed by atoms with Gasteiger partial charge in [0.25, 0.3) is 0 Å². The molecule has 3 heteroatoms. The van der Waals surface area contributed by atoms with Crippen molar-refractivity contribution in [1.29, 1.82) is 0 Å². The normalized spacial score (nSPS) is 13.1. The lowest BCUT2D eigenvalue weighted by molar-refractivity contribution is 0.0477. The molecule has 0 aliphatic heterocycles. The largest absolute Gasteiger partial charge is 0.475 e. The quantitative estimate of drug-likeness (QED) is 0.546. The number of hydrogen-bond donors (Lipinski definition) is 0. The average Bonchev–Trinajstić information content (AvgIpc) is 2.36. The van der Waals surface area contributed by atoms with Gasteiger partial charge in [-0.2, -0.15) is 0 Å². The standard InChI is InChI=1S/C15H24ClNO/c1-5-17(11-10-16)13(4)18-15-9-7-6-8-14(15)12(2)3/h6-9,12-13H,5,10-11H2,1-4H3. The van der Waals surface area contributed by atoms with Crippen LogP contribution < -0.4 is 4.74 Å². The molecule has 0 N–H and O–H groups in total. The lowest BCUT2D eigenvalue weighted by atomic mass is 10.0. The van der Waals surface area contributed by atoms with Crippen LogP contribution in [0, 0.1) is 0 Å².